The molecule has 1 spiro atoms. The highest BCUT2D eigenvalue weighted by Gasteiger charge is 2.51. The van der Waals surface area contributed by atoms with E-state index in [0.717, 1.165) is 19.3 Å². The van der Waals surface area contributed by atoms with Gasteiger partial charge in [0.15, 0.2) is 11.4 Å². The summed E-state index contributed by atoms with van der Waals surface area (Å²) in [6.45, 7) is 5.61. The van der Waals surface area contributed by atoms with Crippen molar-refractivity contribution in [1.29, 1.82) is 0 Å². The molecule has 1 fully saturated rings. The van der Waals surface area contributed by atoms with Gasteiger partial charge in [-0.1, -0.05) is 24.9 Å². The summed E-state index contributed by atoms with van der Waals surface area (Å²) in [5.74, 6) is -0.469. The zero-order valence-electron chi connectivity index (χ0n) is 15.4. The van der Waals surface area contributed by atoms with Crippen LogP contribution in [0.15, 0.2) is 24.1 Å². The molecule has 3 rings (SSSR count). The lowest BCUT2D eigenvalue weighted by molar-refractivity contribution is -0.160. The van der Waals surface area contributed by atoms with Gasteiger partial charge in [0.2, 0.25) is 0 Å². The van der Waals surface area contributed by atoms with Crippen LogP contribution in [-0.4, -0.2) is 22.5 Å². The summed E-state index contributed by atoms with van der Waals surface area (Å²) < 4.78 is 11.7. The minimum absolute atomic E-state index is 0.288. The maximum Gasteiger partial charge on any atom is 0.343 e. The van der Waals surface area contributed by atoms with Crippen molar-refractivity contribution in [3.8, 4) is 0 Å². The number of pyridine rings is 1. The Kier molecular flexibility index (Phi) is 5.11. The van der Waals surface area contributed by atoms with Gasteiger partial charge in [-0.25, -0.2) is 9.78 Å². The highest BCUT2D eigenvalue weighted by atomic mass is 35.5. The Labute approximate surface area is 158 Å². The molecule has 0 atom stereocenters. The minimum Gasteiger partial charge on any atom is -0.447 e. The van der Waals surface area contributed by atoms with Crippen molar-refractivity contribution in [3.63, 3.8) is 0 Å². The summed E-state index contributed by atoms with van der Waals surface area (Å²) in [5, 5.41) is 0.332. The summed E-state index contributed by atoms with van der Waals surface area (Å²) in [4.78, 5) is 29.5. The number of hydrogen-bond donors (Lipinski definition) is 0. The number of esters is 2. The molecule has 0 amide bonds. The van der Waals surface area contributed by atoms with Gasteiger partial charge in [0.25, 0.3) is 0 Å². The highest BCUT2D eigenvalue weighted by molar-refractivity contribution is 6.29. The van der Waals surface area contributed by atoms with Gasteiger partial charge < -0.3 is 9.47 Å². The fraction of sp³-hybridized carbons (Fsp3) is 0.550. The molecule has 5 nitrogen and oxygen atoms in total. The Morgan fingerprint density at radius 3 is 2.58 bits per heavy atom. The fourth-order valence-electron chi connectivity index (χ4n) is 3.34. The summed E-state index contributed by atoms with van der Waals surface area (Å²) in [6.07, 6.45) is 6.42. The fourth-order valence-corrected chi connectivity index (χ4v) is 3.45. The normalized spacial score (nSPS) is 19.6. The van der Waals surface area contributed by atoms with Gasteiger partial charge in [0.1, 0.15) is 10.7 Å². The zero-order valence-corrected chi connectivity index (χ0v) is 16.2. The van der Waals surface area contributed by atoms with Crippen LogP contribution in [0.2, 0.25) is 5.15 Å². The predicted molar refractivity (Wildman–Crippen MR) is 98.2 cm³/mol. The Morgan fingerprint density at radius 2 is 2.00 bits per heavy atom. The molecule has 26 heavy (non-hydrogen) atoms. The Morgan fingerprint density at radius 1 is 1.31 bits per heavy atom. The van der Waals surface area contributed by atoms with Gasteiger partial charge >= 0.3 is 11.9 Å². The van der Waals surface area contributed by atoms with Crippen LogP contribution in [0.5, 0.6) is 0 Å². The Hall–Kier alpha value is -1.88. The van der Waals surface area contributed by atoms with Crippen LogP contribution in [0.4, 0.5) is 0 Å². The number of rotatable bonds is 4. The maximum atomic E-state index is 12.8. The van der Waals surface area contributed by atoms with Crippen molar-refractivity contribution in [2.45, 2.75) is 64.9 Å². The third kappa shape index (κ3) is 3.37. The second kappa shape index (κ2) is 7.03. The monoisotopic (exact) mass is 377 g/mol. The molecule has 2 aliphatic rings. The number of hydrogen-bond acceptors (Lipinski definition) is 5. The largest absolute Gasteiger partial charge is 0.447 e. The standard InChI is InChI=1S/C20H24ClNO4/c1-4-19(2,3)18(24)25-16-15(13-8-9-14(21)22-12-13)17(23)26-20(16)10-6-5-7-11-20/h8-9,12H,4-7,10-11H2,1-3H3. The van der Waals surface area contributed by atoms with E-state index in [9.17, 15) is 9.59 Å². The molecule has 1 aliphatic carbocycles. The second-order valence-electron chi connectivity index (χ2n) is 7.65. The lowest BCUT2D eigenvalue weighted by atomic mass is 9.82. The molecule has 0 unspecified atom stereocenters. The van der Waals surface area contributed by atoms with Crippen molar-refractivity contribution >= 4 is 29.1 Å². The molecular formula is C20H24ClNO4. The maximum absolute atomic E-state index is 12.8. The number of carbonyl (C=O) groups is 2. The quantitative estimate of drug-likeness (QED) is 0.562. The predicted octanol–water partition coefficient (Wildman–Crippen LogP) is 4.69. The third-order valence-electron chi connectivity index (χ3n) is 5.44. The first-order valence-corrected chi connectivity index (χ1v) is 9.49. The second-order valence-corrected chi connectivity index (χ2v) is 8.03. The van der Waals surface area contributed by atoms with E-state index in [2.05, 4.69) is 4.98 Å². The Balaban J connectivity index is 2.08. The Bertz CT molecular complexity index is 746. The first kappa shape index (κ1) is 18.9. The first-order valence-electron chi connectivity index (χ1n) is 9.11. The SMILES string of the molecule is CCC(C)(C)C(=O)OC1=C(c2ccc(Cl)nc2)C(=O)OC12CCCCC2. The van der Waals surface area contributed by atoms with E-state index >= 15 is 0 Å². The molecule has 6 heteroatoms. The number of halogens is 1. The van der Waals surface area contributed by atoms with Crippen molar-refractivity contribution in [1.82, 2.24) is 4.98 Å². The van der Waals surface area contributed by atoms with E-state index in [1.165, 1.54) is 6.20 Å². The molecule has 0 bridgehead atoms. The minimum atomic E-state index is -0.843. The molecule has 1 aromatic heterocycles. The number of nitrogens with zero attached hydrogens (tertiary/aromatic N) is 1. The summed E-state index contributed by atoms with van der Waals surface area (Å²) >= 11 is 5.87. The smallest absolute Gasteiger partial charge is 0.343 e. The van der Waals surface area contributed by atoms with Crippen LogP contribution in [0.25, 0.3) is 5.57 Å². The lowest BCUT2D eigenvalue weighted by Crippen LogP contribution is -2.38. The van der Waals surface area contributed by atoms with Crippen molar-refractivity contribution in [2.24, 2.45) is 5.41 Å². The van der Waals surface area contributed by atoms with Crippen LogP contribution in [-0.2, 0) is 19.1 Å². The number of carbonyl (C=O) groups excluding carboxylic acids is 2. The van der Waals surface area contributed by atoms with Crippen LogP contribution in [0, 0.1) is 5.41 Å². The van der Waals surface area contributed by atoms with Gasteiger partial charge in [-0.15, -0.1) is 0 Å². The first-order chi connectivity index (χ1) is 12.3. The molecule has 0 saturated heterocycles. The van der Waals surface area contributed by atoms with E-state index < -0.39 is 17.0 Å². The van der Waals surface area contributed by atoms with E-state index in [1.54, 1.807) is 12.1 Å². The number of ether oxygens (including phenoxy) is 2. The number of aromatic nitrogens is 1. The zero-order chi connectivity index (χ0) is 18.9. The molecule has 0 aromatic carbocycles. The third-order valence-corrected chi connectivity index (χ3v) is 5.67. The molecule has 1 saturated carbocycles. The molecule has 2 heterocycles. The highest BCUT2D eigenvalue weighted by Crippen LogP contribution is 2.47. The van der Waals surface area contributed by atoms with Crippen molar-refractivity contribution < 1.29 is 19.1 Å². The van der Waals surface area contributed by atoms with Crippen molar-refractivity contribution in [2.75, 3.05) is 0 Å². The van der Waals surface area contributed by atoms with Crippen LogP contribution in [0.3, 0.4) is 0 Å². The molecule has 0 N–H and O–H groups in total. The molecule has 1 aromatic rings. The molecule has 0 radical (unpaired) electrons. The van der Waals surface area contributed by atoms with E-state index in [4.69, 9.17) is 21.1 Å². The summed E-state index contributed by atoms with van der Waals surface area (Å²) in [6, 6.07) is 3.31. The topological polar surface area (TPSA) is 65.5 Å². The van der Waals surface area contributed by atoms with Crippen molar-refractivity contribution in [3.05, 3.63) is 34.8 Å². The molecule has 1 aliphatic heterocycles. The summed E-state index contributed by atoms with van der Waals surface area (Å²) in [7, 11) is 0. The van der Waals surface area contributed by atoms with E-state index in [-0.39, 0.29) is 11.5 Å². The van der Waals surface area contributed by atoms with Gasteiger partial charge in [-0.3, -0.25) is 4.79 Å². The van der Waals surface area contributed by atoms with E-state index in [1.807, 2.05) is 20.8 Å². The average Bonchev–Trinajstić information content (AvgIpc) is 2.87. The van der Waals surface area contributed by atoms with Crippen LogP contribution in [0.1, 0.15) is 64.9 Å². The average molecular weight is 378 g/mol. The molecule has 140 valence electrons. The summed E-state index contributed by atoms with van der Waals surface area (Å²) in [5.41, 5.74) is -0.642. The van der Waals surface area contributed by atoms with E-state index in [0.29, 0.717) is 35.7 Å². The van der Waals surface area contributed by atoms with Crippen LogP contribution >= 0.6 is 11.6 Å². The van der Waals surface area contributed by atoms with Gasteiger partial charge in [0.05, 0.1) is 5.41 Å². The molecular weight excluding hydrogens is 354 g/mol. The van der Waals surface area contributed by atoms with Gasteiger partial charge in [0, 0.05) is 11.8 Å². The van der Waals surface area contributed by atoms with Crippen LogP contribution < -0.4 is 0 Å². The van der Waals surface area contributed by atoms with Gasteiger partial charge in [-0.05, 0) is 58.1 Å². The lowest BCUT2D eigenvalue weighted by Gasteiger charge is -2.34. The van der Waals surface area contributed by atoms with Gasteiger partial charge in [-0.2, -0.15) is 0 Å².